The number of hydrogen-bond donors (Lipinski definition) is 1. The highest BCUT2D eigenvalue weighted by atomic mass is 32.2. The Labute approximate surface area is 173 Å². The van der Waals surface area contributed by atoms with Crippen molar-refractivity contribution in [3.05, 3.63) is 54.1 Å². The monoisotopic (exact) mass is 440 g/mol. The van der Waals surface area contributed by atoms with Crippen LogP contribution in [0.4, 0.5) is 14.5 Å². The standard InChI is InChI=1S/C20H22F2N2O3S2/c1-14-5-2-3-12-24(14)29(26,27)18-7-4-6-15(13-18)19(25)23-16-8-10-17(11-9-16)28-20(21)22/h4,6-11,13-14,20H,2-3,5,12H2,1H3,(H,23,25). The highest BCUT2D eigenvalue weighted by Gasteiger charge is 2.31. The van der Waals surface area contributed by atoms with E-state index >= 15 is 0 Å². The Balaban J connectivity index is 1.75. The first-order valence-electron chi connectivity index (χ1n) is 9.25. The molecule has 0 spiro atoms. The second-order valence-electron chi connectivity index (χ2n) is 6.85. The van der Waals surface area contributed by atoms with Crippen molar-refractivity contribution in [2.75, 3.05) is 11.9 Å². The van der Waals surface area contributed by atoms with E-state index in [-0.39, 0.29) is 16.5 Å². The number of thioether (sulfide) groups is 1. The van der Waals surface area contributed by atoms with Gasteiger partial charge in [0.1, 0.15) is 0 Å². The van der Waals surface area contributed by atoms with Crippen LogP contribution in [0.15, 0.2) is 58.3 Å². The minimum Gasteiger partial charge on any atom is -0.322 e. The molecule has 0 aromatic heterocycles. The Morgan fingerprint density at radius 2 is 1.90 bits per heavy atom. The van der Waals surface area contributed by atoms with Gasteiger partial charge in [-0.2, -0.15) is 13.1 Å². The van der Waals surface area contributed by atoms with Crippen LogP contribution in [0.25, 0.3) is 0 Å². The number of carbonyl (C=O) groups excluding carboxylic acids is 1. The van der Waals surface area contributed by atoms with Gasteiger partial charge in [0, 0.05) is 28.7 Å². The third-order valence-corrected chi connectivity index (χ3v) is 7.51. The first-order chi connectivity index (χ1) is 13.8. The van der Waals surface area contributed by atoms with E-state index < -0.39 is 21.7 Å². The van der Waals surface area contributed by atoms with Crippen molar-refractivity contribution >= 4 is 33.4 Å². The van der Waals surface area contributed by atoms with Gasteiger partial charge < -0.3 is 5.32 Å². The SMILES string of the molecule is CC1CCCCN1S(=O)(=O)c1cccc(C(=O)Nc2ccc(SC(F)F)cc2)c1. The average Bonchev–Trinajstić information content (AvgIpc) is 2.69. The molecule has 156 valence electrons. The molecule has 0 aliphatic carbocycles. The Morgan fingerprint density at radius 1 is 1.17 bits per heavy atom. The van der Waals surface area contributed by atoms with Crippen molar-refractivity contribution < 1.29 is 22.0 Å². The second kappa shape index (κ2) is 9.23. The van der Waals surface area contributed by atoms with Crippen molar-refractivity contribution in [1.82, 2.24) is 4.31 Å². The Morgan fingerprint density at radius 3 is 2.55 bits per heavy atom. The van der Waals surface area contributed by atoms with Gasteiger partial charge in [-0.25, -0.2) is 8.42 Å². The normalized spacial score (nSPS) is 18.0. The topological polar surface area (TPSA) is 66.5 Å². The van der Waals surface area contributed by atoms with Gasteiger partial charge in [-0.3, -0.25) is 4.79 Å². The lowest BCUT2D eigenvalue weighted by Gasteiger charge is -2.32. The van der Waals surface area contributed by atoms with Gasteiger partial charge in [0.05, 0.1) is 4.90 Å². The summed E-state index contributed by atoms with van der Waals surface area (Å²) in [5.41, 5.74) is 0.647. The van der Waals surface area contributed by atoms with Crippen LogP contribution in [-0.4, -0.2) is 37.0 Å². The molecule has 9 heteroatoms. The molecule has 1 aliphatic heterocycles. The van der Waals surface area contributed by atoms with Crippen LogP contribution < -0.4 is 5.32 Å². The van der Waals surface area contributed by atoms with Crippen molar-refractivity contribution in [2.24, 2.45) is 0 Å². The molecule has 5 nitrogen and oxygen atoms in total. The summed E-state index contributed by atoms with van der Waals surface area (Å²) in [7, 11) is -3.68. The van der Waals surface area contributed by atoms with E-state index in [0.717, 1.165) is 19.3 Å². The molecular weight excluding hydrogens is 418 g/mol. The zero-order valence-electron chi connectivity index (χ0n) is 15.8. The summed E-state index contributed by atoms with van der Waals surface area (Å²) in [5.74, 6) is -2.98. The van der Waals surface area contributed by atoms with Gasteiger partial charge in [0.25, 0.3) is 11.7 Å². The summed E-state index contributed by atoms with van der Waals surface area (Å²) in [4.78, 5) is 13.0. The number of carbonyl (C=O) groups is 1. The number of piperidine rings is 1. The Kier molecular flexibility index (Phi) is 6.92. The number of amides is 1. The van der Waals surface area contributed by atoms with Crippen molar-refractivity contribution in [2.45, 2.75) is 47.8 Å². The van der Waals surface area contributed by atoms with Crippen molar-refractivity contribution in [3.63, 3.8) is 0 Å². The van der Waals surface area contributed by atoms with Gasteiger partial charge in [-0.05, 0) is 62.2 Å². The summed E-state index contributed by atoms with van der Waals surface area (Å²) >= 11 is 0.423. The van der Waals surface area contributed by atoms with E-state index in [1.54, 1.807) is 6.07 Å². The third kappa shape index (κ3) is 5.34. The number of rotatable bonds is 6. The molecule has 29 heavy (non-hydrogen) atoms. The quantitative estimate of drug-likeness (QED) is 0.654. The molecule has 0 radical (unpaired) electrons. The van der Waals surface area contributed by atoms with E-state index in [1.807, 2.05) is 6.92 Å². The Hall–Kier alpha value is -1.97. The molecule has 1 unspecified atom stereocenters. The number of nitrogens with zero attached hydrogens (tertiary/aromatic N) is 1. The molecule has 2 aromatic carbocycles. The van der Waals surface area contributed by atoms with Gasteiger partial charge in [-0.1, -0.05) is 24.2 Å². The first kappa shape index (κ1) is 21.7. The van der Waals surface area contributed by atoms with Crippen LogP contribution in [0.1, 0.15) is 36.5 Å². The minimum atomic E-state index is -3.68. The molecule has 0 saturated carbocycles. The van der Waals surface area contributed by atoms with E-state index in [1.165, 1.54) is 46.8 Å². The lowest BCUT2D eigenvalue weighted by atomic mass is 10.1. The van der Waals surface area contributed by atoms with E-state index in [9.17, 15) is 22.0 Å². The van der Waals surface area contributed by atoms with Gasteiger partial charge >= 0.3 is 0 Å². The maximum Gasteiger partial charge on any atom is 0.288 e. The molecule has 1 atom stereocenters. The molecular formula is C20H22F2N2O3S2. The van der Waals surface area contributed by atoms with Crippen LogP contribution in [0, 0.1) is 0 Å². The summed E-state index contributed by atoms with van der Waals surface area (Å²) in [6.45, 7) is 2.37. The molecule has 1 aliphatic rings. The van der Waals surface area contributed by atoms with E-state index in [0.29, 0.717) is 28.9 Å². The molecule has 1 N–H and O–H groups in total. The molecule has 2 aromatic rings. The lowest BCUT2D eigenvalue weighted by molar-refractivity contribution is 0.102. The smallest absolute Gasteiger partial charge is 0.288 e. The van der Waals surface area contributed by atoms with Gasteiger partial charge in [0.15, 0.2) is 0 Å². The van der Waals surface area contributed by atoms with Gasteiger partial charge in [0.2, 0.25) is 10.0 Å². The van der Waals surface area contributed by atoms with Crippen LogP contribution in [-0.2, 0) is 10.0 Å². The second-order valence-corrected chi connectivity index (χ2v) is 9.80. The summed E-state index contributed by atoms with van der Waals surface area (Å²) in [5, 5.41) is 2.66. The molecule has 1 amide bonds. The molecule has 0 bridgehead atoms. The molecule has 3 rings (SSSR count). The number of sulfonamides is 1. The summed E-state index contributed by atoms with van der Waals surface area (Å²) in [6, 6.07) is 11.9. The van der Waals surface area contributed by atoms with Crippen LogP contribution >= 0.6 is 11.8 Å². The predicted molar refractivity (Wildman–Crippen MR) is 110 cm³/mol. The fourth-order valence-corrected chi connectivity index (χ4v) is 5.53. The zero-order valence-corrected chi connectivity index (χ0v) is 17.5. The minimum absolute atomic E-state index is 0.0733. The fourth-order valence-electron chi connectivity index (χ4n) is 3.28. The highest BCUT2D eigenvalue weighted by Crippen LogP contribution is 2.27. The maximum absolute atomic E-state index is 13.0. The first-order valence-corrected chi connectivity index (χ1v) is 11.6. The maximum atomic E-state index is 13.0. The molecule has 1 heterocycles. The summed E-state index contributed by atoms with van der Waals surface area (Å²) in [6.07, 6.45) is 2.65. The van der Waals surface area contributed by atoms with Crippen molar-refractivity contribution in [3.8, 4) is 0 Å². The van der Waals surface area contributed by atoms with Crippen LogP contribution in [0.3, 0.4) is 0 Å². The van der Waals surface area contributed by atoms with Gasteiger partial charge in [-0.15, -0.1) is 0 Å². The molecule has 1 saturated heterocycles. The lowest BCUT2D eigenvalue weighted by Crippen LogP contribution is -2.41. The van der Waals surface area contributed by atoms with E-state index in [2.05, 4.69) is 5.32 Å². The zero-order chi connectivity index (χ0) is 21.0. The number of nitrogens with one attached hydrogen (secondary N) is 1. The average molecular weight is 441 g/mol. The van der Waals surface area contributed by atoms with E-state index in [4.69, 9.17) is 0 Å². The van der Waals surface area contributed by atoms with Crippen LogP contribution in [0.5, 0.6) is 0 Å². The number of halogens is 2. The predicted octanol–water partition coefficient (Wildman–Crippen LogP) is 4.82. The number of alkyl halides is 2. The fraction of sp³-hybridized carbons (Fsp3) is 0.350. The Bertz CT molecular complexity index is 966. The largest absolute Gasteiger partial charge is 0.322 e. The number of benzene rings is 2. The van der Waals surface area contributed by atoms with Crippen molar-refractivity contribution in [1.29, 1.82) is 0 Å². The van der Waals surface area contributed by atoms with Crippen LogP contribution in [0.2, 0.25) is 0 Å². The number of anilines is 1. The number of hydrogen-bond acceptors (Lipinski definition) is 4. The summed E-state index contributed by atoms with van der Waals surface area (Å²) < 4.78 is 52.2. The molecule has 1 fully saturated rings. The highest BCUT2D eigenvalue weighted by molar-refractivity contribution is 7.99. The third-order valence-electron chi connectivity index (χ3n) is 4.78.